The van der Waals surface area contributed by atoms with Gasteiger partial charge in [-0.15, -0.1) is 11.8 Å². The summed E-state index contributed by atoms with van der Waals surface area (Å²) in [7, 11) is 0. The molecule has 0 aliphatic heterocycles. The minimum absolute atomic E-state index is 0.0989. The number of amides is 1. The second-order valence-electron chi connectivity index (χ2n) is 12.5. The van der Waals surface area contributed by atoms with E-state index >= 15 is 0 Å². The predicted molar refractivity (Wildman–Crippen MR) is 184 cm³/mol. The van der Waals surface area contributed by atoms with Gasteiger partial charge in [-0.05, 0) is 108 Å². The first-order chi connectivity index (χ1) is 20.3. The highest BCUT2D eigenvalue weighted by Gasteiger charge is 2.46. The molecule has 2 rings (SSSR count). The van der Waals surface area contributed by atoms with Gasteiger partial charge in [0.25, 0.3) is 0 Å². The fourth-order valence-corrected chi connectivity index (χ4v) is 6.43. The molecule has 3 atom stereocenters. The lowest BCUT2D eigenvalue weighted by Gasteiger charge is -2.36. The normalized spacial score (nSPS) is 20.2. The van der Waals surface area contributed by atoms with Crippen molar-refractivity contribution in [1.29, 1.82) is 0 Å². The third-order valence-corrected chi connectivity index (χ3v) is 8.77. The van der Waals surface area contributed by atoms with Crippen LogP contribution in [-0.2, 0) is 11.2 Å². The standard InChI is InChI=1S/C37H52N2O3S/c1-11-17-33(29(7)26(3)4)43-28(6)24-38-32(27(5)25-40)20-15-16-22-37(21-12-2)23-30-18-13-14-19-31(30)34(37)39-35(41)42-36(8,9)10/h11,13-14,17-19,24,28,34,40H,3,12,16,21-23,25H2,1-2,4-10H3,(H,39,41)/b17-11-,32-27+,33-29+,38-24-/t28?,34-,37?/m1/s1. The SMILES string of the molecule is C=C(C)/C(C)=C(\C=C/C)SC(C)/C=N\C(C#CCCC1(CCC)Cc2ccccc2[C@H]1NC(=O)OC(C)(C)C)=C(/C)CO. The molecule has 1 amide bonds. The summed E-state index contributed by atoms with van der Waals surface area (Å²) in [6.07, 6.45) is 9.96. The predicted octanol–water partition coefficient (Wildman–Crippen LogP) is 9.26. The molecule has 6 heteroatoms. The molecule has 0 saturated heterocycles. The number of hydrogen-bond acceptors (Lipinski definition) is 5. The molecule has 0 bridgehead atoms. The van der Waals surface area contributed by atoms with Gasteiger partial charge in [-0.2, -0.15) is 0 Å². The van der Waals surface area contributed by atoms with Gasteiger partial charge in [0.05, 0.1) is 12.6 Å². The number of carbonyl (C=O) groups excluding carboxylic acids is 1. The second-order valence-corrected chi connectivity index (χ2v) is 13.9. The Morgan fingerprint density at radius 1 is 1.28 bits per heavy atom. The molecule has 43 heavy (non-hydrogen) atoms. The van der Waals surface area contributed by atoms with Gasteiger partial charge < -0.3 is 15.2 Å². The molecule has 0 spiro atoms. The zero-order valence-electron chi connectivity index (χ0n) is 27.8. The number of hydrogen-bond donors (Lipinski definition) is 2. The summed E-state index contributed by atoms with van der Waals surface area (Å²) in [4.78, 5) is 18.8. The lowest BCUT2D eigenvalue weighted by molar-refractivity contribution is 0.0435. The van der Waals surface area contributed by atoms with Gasteiger partial charge in [-0.25, -0.2) is 4.79 Å². The van der Waals surface area contributed by atoms with Gasteiger partial charge in [-0.3, -0.25) is 4.99 Å². The van der Waals surface area contributed by atoms with E-state index in [1.807, 2.05) is 59.9 Å². The molecular weight excluding hydrogens is 552 g/mol. The number of nitrogens with one attached hydrogen (secondary N) is 1. The topological polar surface area (TPSA) is 70.9 Å². The van der Waals surface area contributed by atoms with Crippen molar-refractivity contribution in [1.82, 2.24) is 5.32 Å². The first-order valence-electron chi connectivity index (χ1n) is 15.3. The van der Waals surface area contributed by atoms with Crippen LogP contribution in [0.25, 0.3) is 0 Å². The van der Waals surface area contributed by atoms with Crippen LogP contribution in [0.5, 0.6) is 0 Å². The van der Waals surface area contributed by atoms with Gasteiger partial charge in [0.1, 0.15) is 11.3 Å². The van der Waals surface area contributed by atoms with Gasteiger partial charge in [0.2, 0.25) is 0 Å². The van der Waals surface area contributed by atoms with Crippen molar-refractivity contribution < 1.29 is 14.6 Å². The summed E-state index contributed by atoms with van der Waals surface area (Å²) < 4.78 is 5.65. The minimum Gasteiger partial charge on any atom is -0.444 e. The summed E-state index contributed by atoms with van der Waals surface area (Å²) in [6, 6.07) is 8.24. The van der Waals surface area contributed by atoms with Crippen LogP contribution in [0.3, 0.4) is 0 Å². The van der Waals surface area contributed by atoms with Gasteiger partial charge in [0, 0.05) is 22.8 Å². The van der Waals surface area contributed by atoms with Crippen LogP contribution < -0.4 is 5.32 Å². The van der Waals surface area contributed by atoms with E-state index in [0.717, 1.165) is 47.3 Å². The molecule has 1 aromatic carbocycles. The van der Waals surface area contributed by atoms with Crippen LogP contribution in [0.4, 0.5) is 4.79 Å². The van der Waals surface area contributed by atoms with E-state index in [1.54, 1.807) is 11.8 Å². The summed E-state index contributed by atoms with van der Waals surface area (Å²) in [5.41, 5.74) is 5.25. The van der Waals surface area contributed by atoms with Gasteiger partial charge in [-0.1, -0.05) is 67.8 Å². The number of rotatable bonds is 12. The third kappa shape index (κ3) is 10.9. The average molecular weight is 605 g/mol. The highest BCUT2D eigenvalue weighted by Crippen LogP contribution is 2.51. The van der Waals surface area contributed by atoms with E-state index in [-0.39, 0.29) is 23.3 Å². The van der Waals surface area contributed by atoms with Crippen LogP contribution in [0, 0.1) is 17.3 Å². The Morgan fingerprint density at radius 3 is 2.58 bits per heavy atom. The van der Waals surface area contributed by atoms with Crippen LogP contribution in [0.2, 0.25) is 0 Å². The number of benzene rings is 1. The highest BCUT2D eigenvalue weighted by molar-refractivity contribution is 8.04. The zero-order valence-corrected chi connectivity index (χ0v) is 28.6. The van der Waals surface area contributed by atoms with E-state index in [9.17, 15) is 9.90 Å². The van der Waals surface area contributed by atoms with E-state index in [1.165, 1.54) is 11.1 Å². The lowest BCUT2D eigenvalue weighted by atomic mass is 9.73. The molecule has 5 nitrogen and oxygen atoms in total. The third-order valence-electron chi connectivity index (χ3n) is 7.58. The molecule has 1 aliphatic carbocycles. The van der Waals surface area contributed by atoms with Crippen LogP contribution >= 0.6 is 11.8 Å². The molecule has 0 heterocycles. The van der Waals surface area contributed by atoms with Crippen LogP contribution in [0.1, 0.15) is 105 Å². The molecule has 234 valence electrons. The molecule has 0 fully saturated rings. The molecule has 1 aliphatic rings. The number of ether oxygens (including phenoxy) is 1. The van der Waals surface area contributed by atoms with Crippen molar-refractivity contribution in [3.63, 3.8) is 0 Å². The Hall–Kier alpha value is -3.01. The number of thioether (sulfide) groups is 1. The minimum atomic E-state index is -0.571. The van der Waals surface area contributed by atoms with Crippen molar-refractivity contribution in [2.75, 3.05) is 6.61 Å². The molecule has 0 saturated carbocycles. The number of nitrogens with zero attached hydrogens (tertiary/aromatic N) is 1. The summed E-state index contributed by atoms with van der Waals surface area (Å²) in [6.45, 7) is 21.9. The fourth-order valence-electron chi connectivity index (χ4n) is 5.34. The monoisotopic (exact) mass is 604 g/mol. The number of allylic oxidation sites excluding steroid dienone is 5. The first-order valence-corrected chi connectivity index (χ1v) is 16.2. The quantitative estimate of drug-likeness (QED) is 0.142. The molecular formula is C37H52N2O3S. The maximum absolute atomic E-state index is 12.9. The smallest absolute Gasteiger partial charge is 0.408 e. The number of carbonyl (C=O) groups is 1. The van der Waals surface area contributed by atoms with Crippen LogP contribution in [0.15, 0.2) is 75.3 Å². The molecule has 1 aromatic rings. The largest absolute Gasteiger partial charge is 0.444 e. The van der Waals surface area contributed by atoms with E-state index < -0.39 is 11.7 Å². The summed E-state index contributed by atoms with van der Waals surface area (Å²) in [5, 5.41) is 13.2. The Morgan fingerprint density at radius 2 is 1.98 bits per heavy atom. The average Bonchev–Trinajstić information content (AvgIpc) is 3.23. The summed E-state index contributed by atoms with van der Waals surface area (Å²) >= 11 is 1.72. The Kier molecular flexibility index (Phi) is 14.1. The molecule has 2 unspecified atom stereocenters. The molecule has 0 aromatic heterocycles. The van der Waals surface area contributed by atoms with Crippen molar-refractivity contribution in [2.24, 2.45) is 10.4 Å². The Balaban J connectivity index is 2.28. The number of alkyl carbamates (subject to hydrolysis) is 1. The number of aliphatic hydroxyl groups excluding tert-OH is 1. The summed E-state index contributed by atoms with van der Waals surface area (Å²) in [5.74, 6) is 6.60. The number of fused-ring (bicyclic) bond motifs is 1. The van der Waals surface area contributed by atoms with Gasteiger partial charge >= 0.3 is 6.09 Å². The zero-order chi connectivity index (χ0) is 32.2. The van der Waals surface area contributed by atoms with Crippen molar-refractivity contribution >= 4 is 24.1 Å². The highest BCUT2D eigenvalue weighted by atomic mass is 32.2. The lowest BCUT2D eigenvalue weighted by Crippen LogP contribution is -2.41. The van der Waals surface area contributed by atoms with Crippen LogP contribution in [-0.4, -0.2) is 34.9 Å². The second kappa shape index (κ2) is 16.7. The van der Waals surface area contributed by atoms with Gasteiger partial charge in [0.15, 0.2) is 0 Å². The Bertz CT molecular complexity index is 1320. The van der Waals surface area contributed by atoms with Crippen molar-refractivity contribution in [2.45, 2.75) is 111 Å². The van der Waals surface area contributed by atoms with E-state index in [4.69, 9.17) is 9.73 Å². The van der Waals surface area contributed by atoms with Crippen molar-refractivity contribution in [3.8, 4) is 11.8 Å². The first kappa shape index (κ1) is 36.2. The number of aliphatic hydroxyl groups is 1. The number of aliphatic imine (C=N–C) groups is 1. The maximum atomic E-state index is 12.9. The fraction of sp³-hybridized carbons (Fsp3) is 0.514. The van der Waals surface area contributed by atoms with E-state index in [2.05, 4.69) is 68.8 Å². The van der Waals surface area contributed by atoms with E-state index in [0.29, 0.717) is 12.1 Å². The Labute approximate surface area is 265 Å². The van der Waals surface area contributed by atoms with Crippen molar-refractivity contribution in [3.05, 3.63) is 81.4 Å². The molecule has 0 radical (unpaired) electrons. The molecule has 2 N–H and O–H groups in total. The maximum Gasteiger partial charge on any atom is 0.408 e.